The Bertz CT molecular complexity index is 901. The van der Waals surface area contributed by atoms with Gasteiger partial charge < -0.3 is 21.2 Å². The molecule has 2 amide bonds. The van der Waals surface area contributed by atoms with Gasteiger partial charge in [-0.05, 0) is 52.8 Å². The summed E-state index contributed by atoms with van der Waals surface area (Å²) in [5.41, 5.74) is 2.12. The highest BCUT2D eigenvalue weighted by atomic mass is 32.2. The predicted molar refractivity (Wildman–Crippen MR) is 98.9 cm³/mol. The molecule has 2 aromatic rings. The summed E-state index contributed by atoms with van der Waals surface area (Å²) < 4.78 is 18.2. The maximum atomic E-state index is 13.4. The van der Waals surface area contributed by atoms with Crippen molar-refractivity contribution >= 4 is 23.6 Å². The fourth-order valence-electron chi connectivity index (χ4n) is 2.91. The predicted octanol–water partition coefficient (Wildman–Crippen LogP) is 1.79. The van der Waals surface area contributed by atoms with Crippen LogP contribution in [-0.4, -0.2) is 45.7 Å². The lowest BCUT2D eigenvalue weighted by Gasteiger charge is -2.31. The molecule has 1 atom stereocenters. The molecule has 11 heteroatoms. The van der Waals surface area contributed by atoms with Crippen LogP contribution in [0, 0.1) is 5.82 Å². The maximum absolute atomic E-state index is 13.4. The Morgan fingerprint density at radius 1 is 1.36 bits per heavy atom. The topological polar surface area (TPSA) is 125 Å². The Balaban J connectivity index is 1.31. The number of carbonyl (C=O) groups is 1. The van der Waals surface area contributed by atoms with Crippen LogP contribution in [0.1, 0.15) is 35.7 Å². The number of amidine groups is 1. The average Bonchev–Trinajstić information content (AvgIpc) is 3.36. The van der Waals surface area contributed by atoms with Crippen LogP contribution in [0.3, 0.4) is 0 Å². The molecule has 4 N–H and O–H groups in total. The Hall–Kier alpha value is -2.82. The molecular formula is C17H19FN6O3S. The molecule has 0 bridgehead atoms. The van der Waals surface area contributed by atoms with E-state index in [9.17, 15) is 14.4 Å². The third kappa shape index (κ3) is 4.19. The highest BCUT2D eigenvalue weighted by Gasteiger charge is 2.29. The van der Waals surface area contributed by atoms with Crippen molar-refractivity contribution in [2.75, 3.05) is 12.3 Å². The zero-order valence-corrected chi connectivity index (χ0v) is 15.6. The van der Waals surface area contributed by atoms with Crippen LogP contribution >= 0.6 is 11.8 Å². The van der Waals surface area contributed by atoms with Crippen molar-refractivity contribution in [3.63, 3.8) is 0 Å². The van der Waals surface area contributed by atoms with Gasteiger partial charge in [-0.3, -0.25) is 0 Å². The lowest BCUT2D eigenvalue weighted by atomic mass is 9.83. The summed E-state index contributed by atoms with van der Waals surface area (Å²) in [6.07, 6.45) is 2.75. The molecular weight excluding hydrogens is 387 g/mol. The van der Waals surface area contributed by atoms with E-state index in [1.807, 2.05) is 0 Å². The molecule has 28 heavy (non-hydrogen) atoms. The van der Waals surface area contributed by atoms with Crippen LogP contribution in [0.15, 0.2) is 33.0 Å². The van der Waals surface area contributed by atoms with Crippen LogP contribution in [0.2, 0.25) is 0 Å². The lowest BCUT2D eigenvalue weighted by molar-refractivity contribution is 0.241. The minimum atomic E-state index is -0.315. The van der Waals surface area contributed by atoms with Crippen LogP contribution in [0.4, 0.5) is 9.18 Å². The summed E-state index contributed by atoms with van der Waals surface area (Å²) in [5, 5.41) is 29.4. The smallest absolute Gasteiger partial charge is 0.315 e. The summed E-state index contributed by atoms with van der Waals surface area (Å²) in [7, 11) is 0. The third-order valence-corrected chi connectivity index (χ3v) is 5.49. The van der Waals surface area contributed by atoms with Crippen molar-refractivity contribution in [2.45, 2.75) is 36.4 Å². The zero-order chi connectivity index (χ0) is 19.5. The van der Waals surface area contributed by atoms with E-state index in [1.54, 1.807) is 6.07 Å². The number of halogens is 1. The molecule has 0 spiro atoms. The van der Waals surface area contributed by atoms with E-state index >= 15 is 0 Å². The fourth-order valence-corrected chi connectivity index (χ4v) is 3.66. The van der Waals surface area contributed by atoms with E-state index in [2.05, 4.69) is 31.4 Å². The minimum Gasteiger partial charge on any atom is -0.409 e. The first-order valence-electron chi connectivity index (χ1n) is 8.91. The van der Waals surface area contributed by atoms with Crippen LogP contribution in [-0.2, 0) is 6.42 Å². The summed E-state index contributed by atoms with van der Waals surface area (Å²) in [4.78, 5) is 11.6. The molecule has 0 radical (unpaired) electrons. The SMILES string of the molecule is O=C(NCCSc1nonc1/C(=N/O)NC1Cc2ccc(F)cc21)NC1CC1. The van der Waals surface area contributed by atoms with Gasteiger partial charge in [0, 0.05) is 18.3 Å². The lowest BCUT2D eigenvalue weighted by Crippen LogP contribution is -2.38. The van der Waals surface area contributed by atoms with Crippen molar-refractivity contribution in [3.8, 4) is 0 Å². The Kier molecular flexibility index (Phi) is 5.33. The van der Waals surface area contributed by atoms with E-state index in [0.29, 0.717) is 29.8 Å². The number of oxime groups is 1. The quantitative estimate of drug-likeness (QED) is 0.138. The number of hydrogen-bond acceptors (Lipinski definition) is 7. The second kappa shape index (κ2) is 8.05. The van der Waals surface area contributed by atoms with E-state index in [-0.39, 0.29) is 29.4 Å². The van der Waals surface area contributed by atoms with Crippen molar-refractivity contribution in [2.24, 2.45) is 5.16 Å². The standard InChI is InChI=1S/C17H19FN6O3S/c18-10-2-1-9-7-13(12(9)8-10)21-15(22-26)14-16(24-27-23-14)28-6-5-19-17(25)20-11-3-4-11/h1-2,8,11,13,26H,3-7H2,(H,21,22)(H2,19,20,25). The van der Waals surface area contributed by atoms with Gasteiger partial charge in [-0.15, -0.1) is 0 Å². The number of hydrogen-bond donors (Lipinski definition) is 4. The van der Waals surface area contributed by atoms with E-state index < -0.39 is 0 Å². The van der Waals surface area contributed by atoms with Gasteiger partial charge in [0.1, 0.15) is 5.82 Å². The molecule has 2 aliphatic carbocycles. The zero-order valence-electron chi connectivity index (χ0n) is 14.8. The highest BCUT2D eigenvalue weighted by Crippen LogP contribution is 2.34. The van der Waals surface area contributed by atoms with E-state index in [4.69, 9.17) is 4.63 Å². The van der Waals surface area contributed by atoms with E-state index in [0.717, 1.165) is 24.0 Å². The largest absolute Gasteiger partial charge is 0.409 e. The molecule has 9 nitrogen and oxygen atoms in total. The number of urea groups is 1. The summed E-state index contributed by atoms with van der Waals surface area (Å²) >= 11 is 1.31. The molecule has 148 valence electrons. The number of nitrogens with one attached hydrogen (secondary N) is 3. The minimum absolute atomic E-state index is 0.100. The van der Waals surface area contributed by atoms with Crippen molar-refractivity contribution in [3.05, 3.63) is 40.8 Å². The summed E-state index contributed by atoms with van der Waals surface area (Å²) in [5.74, 6) is 0.323. The molecule has 1 saturated carbocycles. The number of fused-ring (bicyclic) bond motifs is 1. The molecule has 0 saturated heterocycles. The average molecular weight is 406 g/mol. The summed E-state index contributed by atoms with van der Waals surface area (Å²) in [6, 6.07) is 4.56. The van der Waals surface area contributed by atoms with Gasteiger partial charge in [0.05, 0.1) is 6.04 Å². The fraction of sp³-hybridized carbons (Fsp3) is 0.412. The molecule has 1 aromatic heterocycles. The van der Waals surface area contributed by atoms with Gasteiger partial charge in [0.2, 0.25) is 0 Å². The van der Waals surface area contributed by atoms with Crippen molar-refractivity contribution < 1.29 is 19.0 Å². The number of rotatable bonds is 7. The monoisotopic (exact) mass is 406 g/mol. The number of carbonyl (C=O) groups excluding carboxylic acids is 1. The van der Waals surface area contributed by atoms with Gasteiger partial charge >= 0.3 is 6.03 Å². The highest BCUT2D eigenvalue weighted by molar-refractivity contribution is 7.99. The van der Waals surface area contributed by atoms with Gasteiger partial charge in [-0.1, -0.05) is 23.0 Å². The van der Waals surface area contributed by atoms with Crippen LogP contribution in [0.25, 0.3) is 0 Å². The molecule has 2 aliphatic rings. The van der Waals surface area contributed by atoms with Crippen molar-refractivity contribution in [1.29, 1.82) is 0 Å². The summed E-state index contributed by atoms with van der Waals surface area (Å²) in [6.45, 7) is 0.434. The molecule has 4 rings (SSSR count). The van der Waals surface area contributed by atoms with Gasteiger partial charge in [0.25, 0.3) is 0 Å². The molecule has 1 fully saturated rings. The number of thioether (sulfide) groups is 1. The van der Waals surface area contributed by atoms with Gasteiger partial charge in [0.15, 0.2) is 16.6 Å². The van der Waals surface area contributed by atoms with Gasteiger partial charge in [-0.2, -0.15) is 0 Å². The second-order valence-electron chi connectivity index (χ2n) is 6.63. The van der Waals surface area contributed by atoms with Crippen LogP contribution in [0.5, 0.6) is 0 Å². The van der Waals surface area contributed by atoms with E-state index in [1.165, 1.54) is 23.9 Å². The number of nitrogens with zero attached hydrogens (tertiary/aromatic N) is 3. The number of amides is 2. The molecule has 1 aromatic carbocycles. The van der Waals surface area contributed by atoms with Crippen LogP contribution < -0.4 is 16.0 Å². The maximum Gasteiger partial charge on any atom is 0.315 e. The number of aromatic nitrogens is 2. The number of benzene rings is 1. The Morgan fingerprint density at radius 3 is 3.00 bits per heavy atom. The third-order valence-electron chi connectivity index (χ3n) is 4.54. The Labute approximate surface area is 164 Å². The second-order valence-corrected chi connectivity index (χ2v) is 7.72. The molecule has 1 unspecified atom stereocenters. The first-order valence-corrected chi connectivity index (χ1v) is 9.89. The molecule has 0 aliphatic heterocycles. The Morgan fingerprint density at radius 2 is 2.21 bits per heavy atom. The molecule has 1 heterocycles. The normalized spacial score (nSPS) is 18.2. The van der Waals surface area contributed by atoms with Crippen molar-refractivity contribution in [1.82, 2.24) is 26.3 Å². The first kappa shape index (κ1) is 18.5. The van der Waals surface area contributed by atoms with Gasteiger partial charge in [-0.25, -0.2) is 13.8 Å². The first-order chi connectivity index (χ1) is 13.6.